The number of aliphatic carboxylic acids is 1. The van der Waals surface area contributed by atoms with E-state index in [0.717, 1.165) is 73.6 Å². The lowest BCUT2D eigenvalue weighted by Crippen LogP contribution is -2.30. The van der Waals surface area contributed by atoms with Gasteiger partial charge in [-0.15, -0.1) is 0 Å². The van der Waals surface area contributed by atoms with Crippen molar-refractivity contribution in [3.63, 3.8) is 0 Å². The lowest BCUT2D eigenvalue weighted by atomic mass is 9.94. The molecule has 0 unspecified atom stereocenters. The predicted molar refractivity (Wildman–Crippen MR) is 143 cm³/mol. The SMILES string of the molecule is CN1C/C=C/CCCCN2CCCCc3cc(Cl)ccc3COc3ccc(cc32)[C@H](C(=O)O)CC1=O. The smallest absolute Gasteiger partial charge is 0.311 e. The Morgan fingerprint density at radius 3 is 2.64 bits per heavy atom. The van der Waals surface area contributed by atoms with Gasteiger partial charge in [0.25, 0.3) is 0 Å². The van der Waals surface area contributed by atoms with Gasteiger partial charge in [0.2, 0.25) is 5.91 Å². The second-order valence-corrected chi connectivity index (χ2v) is 10.1. The Morgan fingerprint density at radius 1 is 1.03 bits per heavy atom. The minimum atomic E-state index is -0.994. The van der Waals surface area contributed by atoms with E-state index in [9.17, 15) is 14.7 Å². The number of rotatable bonds is 1. The van der Waals surface area contributed by atoms with Gasteiger partial charge in [-0.25, -0.2) is 0 Å². The third-order valence-corrected chi connectivity index (χ3v) is 7.33. The molecule has 2 bridgehead atoms. The summed E-state index contributed by atoms with van der Waals surface area (Å²) in [5.41, 5.74) is 3.86. The van der Waals surface area contributed by atoms with Gasteiger partial charge < -0.3 is 19.6 Å². The van der Waals surface area contributed by atoms with E-state index in [4.69, 9.17) is 16.3 Å². The van der Waals surface area contributed by atoms with Crippen LogP contribution in [0.15, 0.2) is 48.6 Å². The van der Waals surface area contributed by atoms with Crippen molar-refractivity contribution in [2.24, 2.45) is 0 Å². The van der Waals surface area contributed by atoms with Crippen molar-refractivity contribution in [1.82, 2.24) is 4.90 Å². The predicted octanol–water partition coefficient (Wildman–Crippen LogP) is 5.82. The number of anilines is 1. The molecule has 7 heteroatoms. The van der Waals surface area contributed by atoms with Crippen LogP contribution in [0.1, 0.15) is 61.1 Å². The van der Waals surface area contributed by atoms with E-state index in [1.54, 1.807) is 18.0 Å². The molecule has 0 aliphatic carbocycles. The molecule has 0 saturated heterocycles. The van der Waals surface area contributed by atoms with Crippen LogP contribution in [0.2, 0.25) is 5.02 Å². The number of nitrogens with zero attached hydrogens (tertiary/aromatic N) is 2. The summed E-state index contributed by atoms with van der Waals surface area (Å²) >= 11 is 6.27. The van der Waals surface area contributed by atoms with Gasteiger partial charge >= 0.3 is 5.97 Å². The van der Waals surface area contributed by atoms with Gasteiger partial charge in [-0.05, 0) is 79.5 Å². The Bertz CT molecular complexity index is 1120. The highest BCUT2D eigenvalue weighted by Gasteiger charge is 2.27. The normalized spacial score (nSPS) is 20.7. The largest absolute Gasteiger partial charge is 0.487 e. The van der Waals surface area contributed by atoms with Crippen LogP contribution in [0.3, 0.4) is 0 Å². The highest BCUT2D eigenvalue weighted by atomic mass is 35.5. The van der Waals surface area contributed by atoms with Crippen LogP contribution in [-0.4, -0.2) is 48.6 Å². The molecule has 0 fully saturated rings. The van der Waals surface area contributed by atoms with E-state index < -0.39 is 11.9 Å². The molecule has 2 aliphatic heterocycles. The fourth-order valence-electron chi connectivity index (χ4n) is 4.91. The Labute approximate surface area is 218 Å². The lowest BCUT2D eigenvalue weighted by molar-refractivity contribution is -0.142. The maximum Gasteiger partial charge on any atom is 0.311 e. The molecule has 1 amide bonds. The molecule has 1 atom stereocenters. The molecule has 0 aromatic heterocycles. The number of carboxylic acid groups (broad SMARTS) is 1. The quantitative estimate of drug-likeness (QED) is 0.489. The Morgan fingerprint density at radius 2 is 1.83 bits per heavy atom. The zero-order valence-electron chi connectivity index (χ0n) is 20.9. The van der Waals surface area contributed by atoms with Crippen molar-refractivity contribution < 1.29 is 19.4 Å². The number of benzene rings is 2. The molecule has 2 heterocycles. The van der Waals surface area contributed by atoms with E-state index in [0.29, 0.717) is 18.7 Å². The molecule has 2 aromatic rings. The molecule has 0 saturated carbocycles. The number of ether oxygens (including phenoxy) is 1. The second kappa shape index (κ2) is 12.3. The first-order valence-corrected chi connectivity index (χ1v) is 13.2. The first kappa shape index (κ1) is 26.1. The highest BCUT2D eigenvalue weighted by molar-refractivity contribution is 6.30. The number of hydrogen-bond donors (Lipinski definition) is 1. The summed E-state index contributed by atoms with van der Waals surface area (Å²) in [6, 6.07) is 11.5. The third kappa shape index (κ3) is 6.61. The summed E-state index contributed by atoms with van der Waals surface area (Å²) in [4.78, 5) is 29.0. The summed E-state index contributed by atoms with van der Waals surface area (Å²) in [5.74, 6) is -1.35. The van der Waals surface area contributed by atoms with Gasteiger partial charge in [-0.3, -0.25) is 9.59 Å². The number of aryl methyl sites for hydroxylation is 1. The van der Waals surface area contributed by atoms with E-state index >= 15 is 0 Å². The van der Waals surface area contributed by atoms with Gasteiger partial charge in [0, 0.05) is 38.1 Å². The van der Waals surface area contributed by atoms with Crippen LogP contribution in [0.25, 0.3) is 0 Å². The Kier molecular flexibility index (Phi) is 8.92. The average molecular weight is 511 g/mol. The number of fused-ring (bicyclic) bond motifs is 2. The van der Waals surface area contributed by atoms with E-state index in [-0.39, 0.29) is 12.3 Å². The minimum absolute atomic E-state index is 0.0759. The minimum Gasteiger partial charge on any atom is -0.487 e. The number of allylic oxidation sites excluding steroid dienone is 1. The van der Waals surface area contributed by atoms with Gasteiger partial charge in [-0.1, -0.05) is 35.9 Å². The number of likely N-dealkylation sites (N-methyl/N-ethyl adjacent to an activating group) is 1. The number of carbonyl (C=O) groups excluding carboxylic acids is 1. The number of amides is 1. The lowest BCUT2D eigenvalue weighted by Gasteiger charge is -2.28. The average Bonchev–Trinajstić information content (AvgIpc) is 2.89. The first-order chi connectivity index (χ1) is 17.4. The number of hydrogen-bond acceptors (Lipinski definition) is 4. The first-order valence-electron chi connectivity index (χ1n) is 12.8. The molecule has 192 valence electrons. The number of carboxylic acids is 1. The molecular formula is C29H35ClN2O4. The Balaban J connectivity index is 1.72. The van der Waals surface area contributed by atoms with Crippen LogP contribution < -0.4 is 9.64 Å². The Hall–Kier alpha value is -2.99. The zero-order valence-corrected chi connectivity index (χ0v) is 21.7. The fourth-order valence-corrected chi connectivity index (χ4v) is 5.10. The summed E-state index contributed by atoms with van der Waals surface area (Å²) in [6.45, 7) is 2.62. The van der Waals surface area contributed by atoms with Crippen molar-refractivity contribution in [1.29, 1.82) is 0 Å². The molecular weight excluding hydrogens is 476 g/mol. The monoisotopic (exact) mass is 510 g/mol. The van der Waals surface area contributed by atoms with Crippen molar-refractivity contribution in [2.75, 3.05) is 31.6 Å². The van der Waals surface area contributed by atoms with Crippen LogP contribution in [0, 0.1) is 0 Å². The maximum absolute atomic E-state index is 12.8. The van der Waals surface area contributed by atoms with Crippen LogP contribution >= 0.6 is 11.6 Å². The number of halogens is 1. The van der Waals surface area contributed by atoms with Crippen molar-refractivity contribution in [3.8, 4) is 5.75 Å². The molecule has 2 aromatic carbocycles. The van der Waals surface area contributed by atoms with Crippen molar-refractivity contribution in [2.45, 2.75) is 57.5 Å². The van der Waals surface area contributed by atoms with Gasteiger partial charge in [0.15, 0.2) is 0 Å². The molecule has 0 radical (unpaired) electrons. The van der Waals surface area contributed by atoms with E-state index in [2.05, 4.69) is 11.0 Å². The summed E-state index contributed by atoms with van der Waals surface area (Å²) in [5, 5.41) is 10.8. The third-order valence-electron chi connectivity index (χ3n) is 7.10. The summed E-state index contributed by atoms with van der Waals surface area (Å²) in [6.07, 6.45) is 10.0. The van der Waals surface area contributed by atoms with Gasteiger partial charge in [-0.2, -0.15) is 0 Å². The molecule has 6 nitrogen and oxygen atoms in total. The van der Waals surface area contributed by atoms with Crippen LogP contribution in [0.4, 0.5) is 5.69 Å². The van der Waals surface area contributed by atoms with Gasteiger partial charge in [0.1, 0.15) is 12.4 Å². The second-order valence-electron chi connectivity index (χ2n) is 9.71. The molecule has 1 N–H and O–H groups in total. The topological polar surface area (TPSA) is 70.1 Å². The molecule has 2 aliphatic rings. The van der Waals surface area contributed by atoms with E-state index in [1.807, 2.05) is 36.4 Å². The van der Waals surface area contributed by atoms with Crippen molar-refractivity contribution >= 4 is 29.2 Å². The maximum atomic E-state index is 12.8. The zero-order chi connectivity index (χ0) is 25.5. The fraction of sp³-hybridized carbons (Fsp3) is 0.448. The summed E-state index contributed by atoms with van der Waals surface area (Å²) in [7, 11) is 1.72. The van der Waals surface area contributed by atoms with E-state index in [1.165, 1.54) is 5.56 Å². The summed E-state index contributed by atoms with van der Waals surface area (Å²) < 4.78 is 6.35. The van der Waals surface area contributed by atoms with Crippen molar-refractivity contribution in [3.05, 3.63) is 70.3 Å². The standard InChI is InChI=1S/C29H35ClN2O4/c1-31-14-6-3-2-4-7-15-32-16-8-5-9-21-17-24(30)12-10-23(21)20-36-27-13-11-22(18-26(27)32)25(29(34)35)19-28(31)33/h3,6,10-13,17-18,25H,2,4-5,7-9,14-16,19-20H2,1H3,(H,34,35)/b6-3+/t25-/m1/s1. The molecule has 4 rings (SSSR count). The highest BCUT2D eigenvalue weighted by Crippen LogP contribution is 2.35. The van der Waals surface area contributed by atoms with Gasteiger partial charge in [0.05, 0.1) is 11.6 Å². The van der Waals surface area contributed by atoms with Crippen LogP contribution in [-0.2, 0) is 22.6 Å². The number of carbonyl (C=O) groups is 2. The molecule has 36 heavy (non-hydrogen) atoms. The van der Waals surface area contributed by atoms with Crippen LogP contribution in [0.5, 0.6) is 5.75 Å². The molecule has 0 spiro atoms.